The van der Waals surface area contributed by atoms with Crippen molar-refractivity contribution < 1.29 is 10.2 Å². The molecule has 17 heavy (non-hydrogen) atoms. The lowest BCUT2D eigenvalue weighted by Crippen LogP contribution is -2.01. The summed E-state index contributed by atoms with van der Waals surface area (Å²) in [5.74, 6) is 0. The van der Waals surface area contributed by atoms with Gasteiger partial charge in [0.25, 0.3) is 0 Å². The summed E-state index contributed by atoms with van der Waals surface area (Å²) in [5, 5.41) is 18.7. The SMILES string of the molecule is CCCCCC(O)/C=C/c1cccc(CO)c1. The van der Waals surface area contributed by atoms with Crippen LogP contribution in [-0.2, 0) is 6.61 Å². The lowest BCUT2D eigenvalue weighted by atomic mass is 10.1. The molecule has 0 aliphatic heterocycles. The number of benzene rings is 1. The first-order valence-electron chi connectivity index (χ1n) is 6.32. The van der Waals surface area contributed by atoms with E-state index in [9.17, 15) is 5.11 Å². The van der Waals surface area contributed by atoms with Crippen molar-refractivity contribution >= 4 is 6.08 Å². The van der Waals surface area contributed by atoms with Crippen LogP contribution >= 0.6 is 0 Å². The highest BCUT2D eigenvalue weighted by molar-refractivity contribution is 5.50. The van der Waals surface area contributed by atoms with Crippen molar-refractivity contribution in [3.63, 3.8) is 0 Å². The molecule has 1 rings (SSSR count). The van der Waals surface area contributed by atoms with Crippen LogP contribution in [-0.4, -0.2) is 16.3 Å². The van der Waals surface area contributed by atoms with E-state index in [4.69, 9.17) is 5.11 Å². The maximum Gasteiger partial charge on any atom is 0.0724 e. The van der Waals surface area contributed by atoms with Crippen molar-refractivity contribution in [1.29, 1.82) is 0 Å². The van der Waals surface area contributed by atoms with Crippen LogP contribution in [0.4, 0.5) is 0 Å². The van der Waals surface area contributed by atoms with Crippen LogP contribution in [0.3, 0.4) is 0 Å². The van der Waals surface area contributed by atoms with Crippen molar-refractivity contribution in [2.24, 2.45) is 0 Å². The molecule has 2 N–H and O–H groups in total. The molecule has 0 radical (unpaired) electrons. The third kappa shape index (κ3) is 5.66. The van der Waals surface area contributed by atoms with Crippen LogP contribution in [0.5, 0.6) is 0 Å². The van der Waals surface area contributed by atoms with E-state index in [-0.39, 0.29) is 12.7 Å². The van der Waals surface area contributed by atoms with Gasteiger partial charge < -0.3 is 10.2 Å². The zero-order chi connectivity index (χ0) is 12.5. The molecule has 1 unspecified atom stereocenters. The Morgan fingerprint density at radius 3 is 2.82 bits per heavy atom. The molecule has 0 saturated carbocycles. The minimum atomic E-state index is -0.362. The highest BCUT2D eigenvalue weighted by Crippen LogP contribution is 2.10. The lowest BCUT2D eigenvalue weighted by molar-refractivity contribution is 0.209. The Kier molecular flexibility index (Phi) is 6.60. The Morgan fingerprint density at radius 1 is 1.29 bits per heavy atom. The van der Waals surface area contributed by atoms with Crippen LogP contribution in [0.15, 0.2) is 30.3 Å². The number of hydrogen-bond acceptors (Lipinski definition) is 2. The monoisotopic (exact) mass is 234 g/mol. The number of aliphatic hydroxyl groups excluding tert-OH is 2. The topological polar surface area (TPSA) is 40.5 Å². The van der Waals surface area contributed by atoms with Crippen LogP contribution in [0.1, 0.15) is 43.7 Å². The van der Waals surface area contributed by atoms with E-state index >= 15 is 0 Å². The molecule has 1 atom stereocenters. The van der Waals surface area contributed by atoms with Crippen LogP contribution < -0.4 is 0 Å². The van der Waals surface area contributed by atoms with E-state index in [0.717, 1.165) is 24.0 Å². The Labute approximate surface area is 104 Å². The minimum Gasteiger partial charge on any atom is -0.392 e. The summed E-state index contributed by atoms with van der Waals surface area (Å²) in [6, 6.07) is 7.69. The van der Waals surface area contributed by atoms with Gasteiger partial charge in [0.05, 0.1) is 12.7 Å². The number of unbranched alkanes of at least 4 members (excludes halogenated alkanes) is 2. The average molecular weight is 234 g/mol. The summed E-state index contributed by atoms with van der Waals surface area (Å²) in [4.78, 5) is 0. The van der Waals surface area contributed by atoms with Gasteiger partial charge in [0.2, 0.25) is 0 Å². The predicted molar refractivity (Wildman–Crippen MR) is 71.5 cm³/mol. The summed E-state index contributed by atoms with van der Waals surface area (Å²) in [5.41, 5.74) is 1.92. The largest absolute Gasteiger partial charge is 0.392 e. The number of rotatable bonds is 7. The van der Waals surface area contributed by atoms with Gasteiger partial charge in [0.1, 0.15) is 0 Å². The molecule has 0 heterocycles. The normalized spacial score (nSPS) is 13.1. The highest BCUT2D eigenvalue weighted by atomic mass is 16.3. The fraction of sp³-hybridized carbons (Fsp3) is 0.467. The number of hydrogen-bond donors (Lipinski definition) is 2. The maximum atomic E-state index is 9.73. The molecule has 0 spiro atoms. The van der Waals surface area contributed by atoms with Crippen LogP contribution in [0.2, 0.25) is 0 Å². The van der Waals surface area contributed by atoms with E-state index in [1.54, 1.807) is 0 Å². The Bertz CT molecular complexity index is 345. The van der Waals surface area contributed by atoms with E-state index in [1.807, 2.05) is 36.4 Å². The first-order chi connectivity index (χ1) is 8.26. The first kappa shape index (κ1) is 13.9. The van der Waals surface area contributed by atoms with Crippen LogP contribution in [0, 0.1) is 0 Å². The summed E-state index contributed by atoms with van der Waals surface area (Å²) >= 11 is 0. The first-order valence-corrected chi connectivity index (χ1v) is 6.32. The predicted octanol–water partition coefficient (Wildman–Crippen LogP) is 3.13. The maximum absolute atomic E-state index is 9.73. The lowest BCUT2D eigenvalue weighted by Gasteiger charge is -2.04. The second-order valence-corrected chi connectivity index (χ2v) is 4.33. The van der Waals surface area contributed by atoms with E-state index in [0.29, 0.717) is 0 Å². The average Bonchev–Trinajstić information content (AvgIpc) is 2.37. The van der Waals surface area contributed by atoms with Gasteiger partial charge in [0.15, 0.2) is 0 Å². The molecule has 2 heteroatoms. The highest BCUT2D eigenvalue weighted by Gasteiger charge is 1.98. The van der Waals surface area contributed by atoms with Gasteiger partial charge in [0, 0.05) is 0 Å². The minimum absolute atomic E-state index is 0.0563. The second kappa shape index (κ2) is 8.04. The van der Waals surface area contributed by atoms with E-state index in [1.165, 1.54) is 12.8 Å². The molecule has 0 aromatic heterocycles. The standard InChI is InChI=1S/C15H22O2/c1-2-3-4-8-15(17)10-9-13-6-5-7-14(11-13)12-16/h5-7,9-11,15-17H,2-4,8,12H2,1H3/b10-9+. The fourth-order valence-corrected chi connectivity index (χ4v) is 1.72. The molecule has 0 amide bonds. The summed E-state index contributed by atoms with van der Waals surface area (Å²) < 4.78 is 0. The van der Waals surface area contributed by atoms with Gasteiger partial charge in [-0.15, -0.1) is 0 Å². The Hall–Kier alpha value is -1.12. The molecule has 1 aromatic carbocycles. The van der Waals surface area contributed by atoms with Gasteiger partial charge in [-0.2, -0.15) is 0 Å². The third-order valence-corrected chi connectivity index (χ3v) is 2.75. The van der Waals surface area contributed by atoms with Gasteiger partial charge >= 0.3 is 0 Å². The van der Waals surface area contributed by atoms with Crippen molar-refractivity contribution in [3.8, 4) is 0 Å². The Morgan fingerprint density at radius 2 is 2.12 bits per heavy atom. The zero-order valence-corrected chi connectivity index (χ0v) is 10.5. The number of aliphatic hydroxyl groups is 2. The smallest absolute Gasteiger partial charge is 0.0724 e. The molecular weight excluding hydrogens is 212 g/mol. The van der Waals surface area contributed by atoms with E-state index < -0.39 is 0 Å². The third-order valence-electron chi connectivity index (χ3n) is 2.75. The van der Waals surface area contributed by atoms with Gasteiger partial charge in [-0.3, -0.25) is 0 Å². The van der Waals surface area contributed by atoms with Crippen molar-refractivity contribution in [2.45, 2.75) is 45.3 Å². The molecule has 0 bridgehead atoms. The molecule has 0 saturated heterocycles. The molecule has 0 aliphatic carbocycles. The second-order valence-electron chi connectivity index (χ2n) is 4.33. The molecule has 0 fully saturated rings. The Balaban J connectivity index is 2.45. The molecule has 1 aromatic rings. The summed E-state index contributed by atoms with van der Waals surface area (Å²) in [6.45, 7) is 2.21. The van der Waals surface area contributed by atoms with Crippen molar-refractivity contribution in [3.05, 3.63) is 41.5 Å². The van der Waals surface area contributed by atoms with Gasteiger partial charge in [-0.25, -0.2) is 0 Å². The van der Waals surface area contributed by atoms with E-state index in [2.05, 4.69) is 6.92 Å². The molecule has 2 nitrogen and oxygen atoms in total. The van der Waals surface area contributed by atoms with Gasteiger partial charge in [-0.1, -0.05) is 56.5 Å². The molecule has 0 aliphatic rings. The molecule has 94 valence electrons. The fourth-order valence-electron chi connectivity index (χ4n) is 1.72. The quantitative estimate of drug-likeness (QED) is 0.712. The van der Waals surface area contributed by atoms with Crippen molar-refractivity contribution in [2.75, 3.05) is 0 Å². The van der Waals surface area contributed by atoms with Crippen LogP contribution in [0.25, 0.3) is 6.08 Å². The van der Waals surface area contributed by atoms with Gasteiger partial charge in [-0.05, 0) is 23.6 Å². The molecular formula is C15H22O2. The summed E-state index contributed by atoms with van der Waals surface area (Å²) in [6.07, 6.45) is 7.61. The van der Waals surface area contributed by atoms with Crippen molar-refractivity contribution in [1.82, 2.24) is 0 Å². The zero-order valence-electron chi connectivity index (χ0n) is 10.5. The summed E-state index contributed by atoms with van der Waals surface area (Å²) in [7, 11) is 0.